The van der Waals surface area contributed by atoms with E-state index in [1.165, 1.54) is 31.4 Å². The Balaban J connectivity index is 1.22. The molecule has 1 aliphatic rings. The fourth-order valence-corrected chi connectivity index (χ4v) is 4.64. The summed E-state index contributed by atoms with van der Waals surface area (Å²) in [4.78, 5) is 18.3. The first kappa shape index (κ1) is 25.0. The molecule has 2 aromatic heterocycles. The molecule has 5 rings (SSSR count). The van der Waals surface area contributed by atoms with E-state index in [0.29, 0.717) is 45.6 Å². The van der Waals surface area contributed by atoms with Gasteiger partial charge in [-0.05, 0) is 67.9 Å². The molecule has 1 fully saturated rings. The number of fused-ring (bicyclic) bond motifs is 1. The maximum Gasteiger partial charge on any atom is 0.267 e. The third-order valence-corrected chi connectivity index (χ3v) is 6.62. The summed E-state index contributed by atoms with van der Waals surface area (Å²) in [6.07, 6.45) is 5.35. The van der Waals surface area contributed by atoms with Crippen molar-refractivity contribution in [3.63, 3.8) is 0 Å². The topological polar surface area (TPSA) is 95.2 Å². The summed E-state index contributed by atoms with van der Waals surface area (Å²) in [6, 6.07) is 13.2. The predicted molar refractivity (Wildman–Crippen MR) is 142 cm³/mol. The van der Waals surface area contributed by atoms with Crippen molar-refractivity contribution in [2.24, 2.45) is 0 Å². The van der Waals surface area contributed by atoms with Crippen molar-refractivity contribution < 1.29 is 13.9 Å². The van der Waals surface area contributed by atoms with Crippen LogP contribution in [0, 0.1) is 5.82 Å². The average molecular weight is 523 g/mol. The van der Waals surface area contributed by atoms with E-state index in [4.69, 9.17) is 16.3 Å². The summed E-state index contributed by atoms with van der Waals surface area (Å²) in [5.41, 5.74) is 2.50. The summed E-state index contributed by atoms with van der Waals surface area (Å²) >= 11 is 6.42. The van der Waals surface area contributed by atoms with E-state index in [2.05, 4.69) is 30.7 Å². The van der Waals surface area contributed by atoms with Gasteiger partial charge in [0.25, 0.3) is 5.91 Å². The molecule has 0 atom stereocenters. The van der Waals surface area contributed by atoms with Gasteiger partial charge >= 0.3 is 0 Å². The van der Waals surface area contributed by atoms with Gasteiger partial charge < -0.3 is 25.3 Å². The normalized spacial score (nSPS) is 14.0. The van der Waals surface area contributed by atoms with Crippen LogP contribution in [0.5, 0.6) is 5.75 Å². The number of amides is 1. The molecule has 1 amide bonds. The van der Waals surface area contributed by atoms with Crippen LogP contribution >= 0.6 is 11.6 Å². The zero-order chi connectivity index (χ0) is 25.6. The Kier molecular flexibility index (Phi) is 7.82. The molecule has 2 aromatic carbocycles. The number of carbonyl (C=O) groups is 1. The molecule has 37 heavy (non-hydrogen) atoms. The maximum absolute atomic E-state index is 13.4. The van der Waals surface area contributed by atoms with Gasteiger partial charge in [0.2, 0.25) is 0 Å². The van der Waals surface area contributed by atoms with E-state index < -0.39 is 0 Å². The van der Waals surface area contributed by atoms with E-state index in [1.54, 1.807) is 42.6 Å². The Labute approximate surface area is 219 Å². The van der Waals surface area contributed by atoms with Crippen LogP contribution in [0.25, 0.3) is 10.9 Å². The summed E-state index contributed by atoms with van der Waals surface area (Å²) in [6.45, 7) is 3.84. The van der Waals surface area contributed by atoms with Crippen molar-refractivity contribution in [1.29, 1.82) is 0 Å². The number of ether oxygens (including phenoxy) is 1. The smallest absolute Gasteiger partial charge is 0.267 e. The second-order valence-electron chi connectivity index (χ2n) is 9.05. The number of aromatic nitrogens is 3. The van der Waals surface area contributed by atoms with Crippen molar-refractivity contribution in [1.82, 2.24) is 25.4 Å². The molecule has 0 unspecified atom stereocenters. The van der Waals surface area contributed by atoms with E-state index >= 15 is 0 Å². The third kappa shape index (κ3) is 6.36. The van der Waals surface area contributed by atoms with Crippen LogP contribution in [0.15, 0.2) is 54.7 Å². The van der Waals surface area contributed by atoms with Gasteiger partial charge in [0.15, 0.2) is 5.82 Å². The molecule has 0 saturated carbocycles. The number of carbonyl (C=O) groups excluding carboxylic acids is 1. The van der Waals surface area contributed by atoms with Crippen molar-refractivity contribution in [2.75, 3.05) is 31.5 Å². The highest BCUT2D eigenvalue weighted by Gasteiger charge is 2.15. The number of hydrogen-bond acceptors (Lipinski definition) is 6. The van der Waals surface area contributed by atoms with E-state index in [-0.39, 0.29) is 18.3 Å². The van der Waals surface area contributed by atoms with Crippen LogP contribution in [0.4, 0.5) is 15.9 Å². The lowest BCUT2D eigenvalue weighted by Crippen LogP contribution is -2.37. The second-order valence-corrected chi connectivity index (χ2v) is 9.46. The van der Waals surface area contributed by atoms with Crippen LogP contribution in [0.2, 0.25) is 5.02 Å². The fraction of sp³-hybridized carbons (Fsp3) is 0.296. The number of aromatic amines is 1. The highest BCUT2D eigenvalue weighted by Crippen LogP contribution is 2.31. The second kappa shape index (κ2) is 11.6. The highest BCUT2D eigenvalue weighted by atomic mass is 35.5. The van der Waals surface area contributed by atoms with Crippen molar-refractivity contribution in [2.45, 2.75) is 25.9 Å². The molecule has 0 bridgehead atoms. The summed E-state index contributed by atoms with van der Waals surface area (Å²) in [5, 5.41) is 15.6. The van der Waals surface area contributed by atoms with E-state index in [1.807, 2.05) is 0 Å². The van der Waals surface area contributed by atoms with Gasteiger partial charge in [-0.15, -0.1) is 5.10 Å². The van der Waals surface area contributed by atoms with Crippen LogP contribution in [-0.2, 0) is 6.61 Å². The number of hydrogen-bond donors (Lipinski definition) is 3. The number of anilines is 2. The Hall–Kier alpha value is -3.69. The molecular formula is C27H28ClFN6O2. The van der Waals surface area contributed by atoms with E-state index in [9.17, 15) is 9.18 Å². The third-order valence-electron chi connectivity index (χ3n) is 6.32. The molecule has 0 spiro atoms. The number of rotatable bonds is 9. The minimum atomic E-state index is -0.315. The number of piperidine rings is 1. The number of nitrogens with zero attached hydrogens (tertiary/aromatic N) is 3. The summed E-state index contributed by atoms with van der Waals surface area (Å²) < 4.78 is 19.1. The Morgan fingerprint density at radius 3 is 2.81 bits per heavy atom. The zero-order valence-corrected chi connectivity index (χ0v) is 21.0. The Bertz CT molecular complexity index is 1390. The van der Waals surface area contributed by atoms with Crippen LogP contribution in [0.3, 0.4) is 0 Å². The number of likely N-dealkylation sites (tertiary alicyclic amines) is 1. The minimum Gasteiger partial charge on any atom is -0.487 e. The first-order valence-corrected chi connectivity index (χ1v) is 12.7. The zero-order valence-electron chi connectivity index (χ0n) is 20.3. The fourth-order valence-electron chi connectivity index (χ4n) is 4.40. The van der Waals surface area contributed by atoms with Gasteiger partial charge in [-0.2, -0.15) is 5.10 Å². The molecule has 3 heterocycles. The van der Waals surface area contributed by atoms with E-state index in [0.717, 1.165) is 25.0 Å². The van der Waals surface area contributed by atoms with Gasteiger partial charge in [0.1, 0.15) is 23.9 Å². The Morgan fingerprint density at radius 1 is 1.14 bits per heavy atom. The Morgan fingerprint density at radius 2 is 2.00 bits per heavy atom. The monoisotopic (exact) mass is 522 g/mol. The van der Waals surface area contributed by atoms with Gasteiger partial charge in [-0.1, -0.05) is 30.2 Å². The summed E-state index contributed by atoms with van der Waals surface area (Å²) in [7, 11) is 0. The summed E-state index contributed by atoms with van der Waals surface area (Å²) in [5.74, 6) is 0.463. The van der Waals surface area contributed by atoms with Crippen LogP contribution in [0.1, 0.15) is 35.3 Å². The molecule has 192 valence electrons. The molecule has 1 saturated heterocycles. The molecule has 10 heteroatoms. The van der Waals surface area contributed by atoms with Gasteiger partial charge in [0.05, 0.1) is 16.7 Å². The maximum atomic E-state index is 13.4. The molecule has 3 N–H and O–H groups in total. The number of benzene rings is 2. The molecule has 0 radical (unpaired) electrons. The average Bonchev–Trinajstić information content (AvgIpc) is 3.35. The molecular weight excluding hydrogens is 495 g/mol. The molecule has 8 nitrogen and oxygen atoms in total. The predicted octanol–water partition coefficient (Wildman–Crippen LogP) is 5.29. The lowest BCUT2D eigenvalue weighted by Gasteiger charge is -2.26. The van der Waals surface area contributed by atoms with Gasteiger partial charge in [-0.25, -0.2) is 4.39 Å². The molecule has 1 aliphatic heterocycles. The number of H-pyrrole nitrogens is 1. The first-order valence-electron chi connectivity index (χ1n) is 12.3. The van der Waals surface area contributed by atoms with Crippen LogP contribution in [-0.4, -0.2) is 52.2 Å². The van der Waals surface area contributed by atoms with Gasteiger partial charge in [0, 0.05) is 24.2 Å². The van der Waals surface area contributed by atoms with Crippen molar-refractivity contribution in [3.8, 4) is 5.75 Å². The van der Waals surface area contributed by atoms with Crippen molar-refractivity contribution in [3.05, 3.63) is 76.8 Å². The largest absolute Gasteiger partial charge is 0.487 e. The lowest BCUT2D eigenvalue weighted by atomic mass is 10.1. The standard InChI is InChI=1S/C27H28ClFN6O2/c28-22-15-21(7-8-24(22)37-17-18-5-4-6-20(29)13-18)32-26-25-19(16-31-34-26)14-23(33-25)27(36)30-9-12-35-10-2-1-3-11-35/h4-8,13-16,33H,1-3,9-12,17H2,(H,30,36)(H,32,34). The first-order chi connectivity index (χ1) is 18.0. The molecule has 0 aliphatic carbocycles. The number of nitrogens with one attached hydrogen (secondary N) is 3. The molecule has 4 aromatic rings. The van der Waals surface area contributed by atoms with Crippen molar-refractivity contribution >= 4 is 39.9 Å². The quantitative estimate of drug-likeness (QED) is 0.276. The highest BCUT2D eigenvalue weighted by molar-refractivity contribution is 6.32. The lowest BCUT2D eigenvalue weighted by molar-refractivity contribution is 0.0942. The van der Waals surface area contributed by atoms with Crippen LogP contribution < -0.4 is 15.4 Å². The number of halogens is 2. The van der Waals surface area contributed by atoms with Gasteiger partial charge in [-0.3, -0.25) is 4.79 Å². The minimum absolute atomic E-state index is 0.165. The SMILES string of the molecule is O=C(NCCN1CCCCC1)c1cc2cnnc(Nc3ccc(OCc4cccc(F)c4)c(Cl)c3)c2[nH]1.